The van der Waals surface area contributed by atoms with Gasteiger partial charge in [-0.05, 0) is 56.5 Å². The van der Waals surface area contributed by atoms with Gasteiger partial charge in [0.15, 0.2) is 0 Å². The number of carbonyl (C=O) groups is 1. The second kappa shape index (κ2) is 10.5. The van der Waals surface area contributed by atoms with Crippen molar-refractivity contribution in [2.75, 3.05) is 32.1 Å². The summed E-state index contributed by atoms with van der Waals surface area (Å²) in [7, 11) is 1.68. The van der Waals surface area contributed by atoms with Gasteiger partial charge in [0.05, 0.1) is 12.0 Å². The molecule has 1 aromatic carbocycles. The minimum atomic E-state index is -0.408. The molecule has 2 fully saturated rings. The van der Waals surface area contributed by atoms with Crippen LogP contribution in [0.2, 0.25) is 0 Å². The molecular weight excluding hydrogens is 368 g/mol. The molecule has 1 heterocycles. The Kier molecular flexibility index (Phi) is 8.74. The van der Waals surface area contributed by atoms with Crippen LogP contribution in [0.3, 0.4) is 0 Å². The zero-order chi connectivity index (χ0) is 17.5. The van der Waals surface area contributed by atoms with Gasteiger partial charge in [0.1, 0.15) is 0 Å². The number of hydrogen-bond donors (Lipinski definition) is 2. The normalized spacial score (nSPS) is 19.7. The maximum Gasteiger partial charge on any atom is 0.233 e. The average molecular weight is 399 g/mol. The monoisotopic (exact) mass is 398 g/mol. The molecule has 2 N–H and O–H groups in total. The molecule has 4 nitrogen and oxygen atoms in total. The minimum Gasteiger partial charge on any atom is -0.384 e. The molecule has 26 heavy (non-hydrogen) atoms. The fraction of sp³-hybridized carbons (Fsp3) is 0.650. The number of carbonyl (C=O) groups excluding carboxylic acids is 1. The highest BCUT2D eigenvalue weighted by Crippen LogP contribution is 2.33. The van der Waals surface area contributed by atoms with Crippen LogP contribution in [0.25, 0.3) is 0 Å². The Labute approximate surface area is 167 Å². The predicted molar refractivity (Wildman–Crippen MR) is 112 cm³/mol. The van der Waals surface area contributed by atoms with Crippen LogP contribution in [-0.4, -0.2) is 38.0 Å². The minimum absolute atomic E-state index is 0. The number of nitrogens with one attached hydrogen (secondary N) is 2. The lowest BCUT2D eigenvalue weighted by Crippen LogP contribution is -2.47. The lowest BCUT2D eigenvalue weighted by Gasteiger charge is -2.35. The molecule has 1 aliphatic carbocycles. The van der Waals surface area contributed by atoms with Crippen molar-refractivity contribution in [2.45, 2.75) is 49.5 Å². The molecule has 1 saturated heterocycles. The molecule has 3 rings (SSSR count). The van der Waals surface area contributed by atoms with Crippen molar-refractivity contribution in [2.24, 2.45) is 5.41 Å². The van der Waals surface area contributed by atoms with Gasteiger partial charge < -0.3 is 15.4 Å². The van der Waals surface area contributed by atoms with Gasteiger partial charge >= 0.3 is 0 Å². The van der Waals surface area contributed by atoms with E-state index in [-0.39, 0.29) is 18.3 Å². The number of rotatable bonds is 7. The lowest BCUT2D eigenvalue weighted by molar-refractivity contribution is -0.130. The number of amides is 1. The van der Waals surface area contributed by atoms with Gasteiger partial charge in [0.25, 0.3) is 0 Å². The fourth-order valence-electron chi connectivity index (χ4n) is 3.89. The van der Waals surface area contributed by atoms with E-state index >= 15 is 0 Å². The third kappa shape index (κ3) is 5.62. The molecule has 1 saturated carbocycles. The van der Waals surface area contributed by atoms with Gasteiger partial charge in [-0.15, -0.1) is 12.4 Å². The summed E-state index contributed by atoms with van der Waals surface area (Å²) in [6, 6.07) is 8.32. The average Bonchev–Trinajstić information content (AvgIpc) is 3.15. The Bertz CT molecular complexity index is 567. The van der Waals surface area contributed by atoms with Crippen molar-refractivity contribution in [3.05, 3.63) is 29.8 Å². The molecule has 146 valence electrons. The van der Waals surface area contributed by atoms with Gasteiger partial charge in [0, 0.05) is 23.8 Å². The maximum atomic E-state index is 12.9. The summed E-state index contributed by atoms with van der Waals surface area (Å²) < 4.78 is 5.37. The topological polar surface area (TPSA) is 50.4 Å². The molecule has 2 aliphatic rings. The van der Waals surface area contributed by atoms with Crippen molar-refractivity contribution in [3.63, 3.8) is 0 Å². The van der Waals surface area contributed by atoms with E-state index in [1.54, 1.807) is 7.11 Å². The zero-order valence-electron chi connectivity index (χ0n) is 15.6. The van der Waals surface area contributed by atoms with Crippen LogP contribution in [0.15, 0.2) is 24.3 Å². The summed E-state index contributed by atoms with van der Waals surface area (Å²) in [6.07, 6.45) is 7.12. The number of benzene rings is 1. The first kappa shape index (κ1) is 21.5. The van der Waals surface area contributed by atoms with E-state index in [1.165, 1.54) is 31.2 Å². The van der Waals surface area contributed by atoms with Crippen molar-refractivity contribution in [1.82, 2.24) is 5.32 Å². The van der Waals surface area contributed by atoms with Crippen LogP contribution in [-0.2, 0) is 15.3 Å². The van der Waals surface area contributed by atoms with E-state index in [4.69, 9.17) is 4.74 Å². The highest BCUT2D eigenvalue weighted by molar-refractivity contribution is 7.99. The largest absolute Gasteiger partial charge is 0.384 e. The Morgan fingerprint density at radius 3 is 2.73 bits per heavy atom. The number of anilines is 1. The quantitative estimate of drug-likeness (QED) is 0.721. The van der Waals surface area contributed by atoms with Crippen molar-refractivity contribution in [1.29, 1.82) is 0 Å². The second-order valence-corrected chi connectivity index (χ2v) is 8.62. The first-order valence-corrected chi connectivity index (χ1v) is 10.5. The molecule has 0 bridgehead atoms. The standard InChI is InChI=1S/C20H30N2O2S.ClH/c1-24-15-20(9-11-21-12-10-20)19(23)22-17-6-4-5-16(13-17)14-25-18-7-2-3-8-18;/h4-6,13,18,21H,2-3,7-12,14-15H2,1H3,(H,22,23);1H. The third-order valence-electron chi connectivity index (χ3n) is 5.44. The van der Waals surface area contributed by atoms with Crippen LogP contribution in [0.4, 0.5) is 5.69 Å². The smallest absolute Gasteiger partial charge is 0.233 e. The zero-order valence-corrected chi connectivity index (χ0v) is 17.2. The Hall–Kier alpha value is -0.750. The molecule has 0 spiro atoms. The van der Waals surface area contributed by atoms with E-state index in [0.29, 0.717) is 6.61 Å². The molecule has 1 aliphatic heterocycles. The number of hydrogen-bond acceptors (Lipinski definition) is 4. The lowest BCUT2D eigenvalue weighted by atomic mass is 9.78. The van der Waals surface area contributed by atoms with Crippen molar-refractivity contribution in [3.8, 4) is 0 Å². The summed E-state index contributed by atoms with van der Waals surface area (Å²) in [5.41, 5.74) is 1.79. The number of ether oxygens (including phenoxy) is 1. The molecule has 1 amide bonds. The van der Waals surface area contributed by atoms with Crippen LogP contribution in [0.1, 0.15) is 44.1 Å². The Balaban J connectivity index is 0.00000243. The number of piperidine rings is 1. The van der Waals surface area contributed by atoms with Gasteiger partial charge in [-0.25, -0.2) is 0 Å². The van der Waals surface area contributed by atoms with E-state index in [0.717, 1.165) is 42.6 Å². The molecule has 0 aromatic heterocycles. The Morgan fingerprint density at radius 1 is 1.31 bits per heavy atom. The summed E-state index contributed by atoms with van der Waals surface area (Å²) in [5, 5.41) is 7.30. The summed E-state index contributed by atoms with van der Waals surface area (Å²) >= 11 is 2.06. The highest BCUT2D eigenvalue weighted by atomic mass is 35.5. The summed E-state index contributed by atoms with van der Waals surface area (Å²) in [4.78, 5) is 12.9. The Morgan fingerprint density at radius 2 is 2.04 bits per heavy atom. The molecule has 1 aromatic rings. The van der Waals surface area contributed by atoms with E-state index in [1.807, 2.05) is 12.1 Å². The summed E-state index contributed by atoms with van der Waals surface area (Å²) in [6.45, 7) is 2.22. The van der Waals surface area contributed by atoms with Gasteiger partial charge in [0.2, 0.25) is 5.91 Å². The predicted octanol–water partition coefficient (Wildman–Crippen LogP) is 4.24. The molecule has 6 heteroatoms. The number of halogens is 1. The second-order valence-electron chi connectivity index (χ2n) is 7.34. The van der Waals surface area contributed by atoms with Crippen LogP contribution >= 0.6 is 24.2 Å². The van der Waals surface area contributed by atoms with Crippen LogP contribution in [0, 0.1) is 5.41 Å². The third-order valence-corrected chi connectivity index (χ3v) is 6.88. The molecule has 0 atom stereocenters. The van der Waals surface area contributed by atoms with E-state index < -0.39 is 5.41 Å². The molecule has 0 radical (unpaired) electrons. The first-order chi connectivity index (χ1) is 12.2. The first-order valence-electron chi connectivity index (χ1n) is 9.43. The highest BCUT2D eigenvalue weighted by Gasteiger charge is 2.39. The van der Waals surface area contributed by atoms with Gasteiger partial charge in [-0.1, -0.05) is 25.0 Å². The number of thioether (sulfide) groups is 1. The number of methoxy groups -OCH3 is 1. The molecule has 0 unspecified atom stereocenters. The summed E-state index contributed by atoms with van der Waals surface area (Å²) in [5.74, 6) is 1.12. The maximum absolute atomic E-state index is 12.9. The molecular formula is C20H31ClN2O2S. The van der Waals surface area contributed by atoms with E-state index in [2.05, 4.69) is 34.5 Å². The fourth-order valence-corrected chi connectivity index (χ4v) is 5.16. The van der Waals surface area contributed by atoms with Crippen molar-refractivity contribution < 1.29 is 9.53 Å². The SMILES string of the molecule is COCC1(C(=O)Nc2cccc(CSC3CCCC3)c2)CCNCC1.Cl. The van der Waals surface area contributed by atoms with Crippen LogP contribution < -0.4 is 10.6 Å². The van der Waals surface area contributed by atoms with Gasteiger partial charge in [-0.2, -0.15) is 11.8 Å². The van der Waals surface area contributed by atoms with Gasteiger partial charge in [-0.3, -0.25) is 4.79 Å². The van der Waals surface area contributed by atoms with E-state index in [9.17, 15) is 4.79 Å². The van der Waals surface area contributed by atoms with Crippen molar-refractivity contribution >= 4 is 35.8 Å². The van der Waals surface area contributed by atoms with Crippen LogP contribution in [0.5, 0.6) is 0 Å².